The molecule has 0 unspecified atom stereocenters. The van der Waals surface area contributed by atoms with Crippen LogP contribution in [0.1, 0.15) is 15.3 Å². The summed E-state index contributed by atoms with van der Waals surface area (Å²) in [4.78, 5) is 21.1. The summed E-state index contributed by atoms with van der Waals surface area (Å²) >= 11 is 0. The Hall–Kier alpha value is -1.06. The number of carbonyl (C=O) groups excluding carboxylic acids is 2. The van der Waals surface area contributed by atoms with Crippen LogP contribution >= 0.6 is 0 Å². The molecule has 1 aliphatic heterocycles. The van der Waals surface area contributed by atoms with Crippen molar-refractivity contribution in [2.75, 3.05) is 0 Å². The second kappa shape index (κ2) is 2.28. The molecule has 0 aromatic heterocycles. The van der Waals surface area contributed by atoms with E-state index >= 15 is 0 Å². The highest BCUT2D eigenvalue weighted by Crippen LogP contribution is 2.09. The van der Waals surface area contributed by atoms with E-state index in [1.54, 1.807) is 0 Å². The Morgan fingerprint density at radius 2 is 2.20 bits per heavy atom. The van der Waals surface area contributed by atoms with Crippen molar-refractivity contribution in [3.05, 3.63) is 0 Å². The minimum atomic E-state index is -0.635. The molecule has 1 N–H and O–H groups in total. The zero-order chi connectivity index (χ0) is 7.72. The Balaban J connectivity index is 0.000001000. The van der Waals surface area contributed by atoms with Gasteiger partial charge in [-0.05, 0) is 5.92 Å². The maximum absolute atomic E-state index is 10.7. The van der Waals surface area contributed by atoms with Crippen LogP contribution in [0.15, 0.2) is 0 Å². The van der Waals surface area contributed by atoms with Crippen LogP contribution in [0.3, 0.4) is 0 Å². The van der Waals surface area contributed by atoms with Crippen molar-refractivity contribution in [3.8, 4) is 0 Å². The molecule has 1 fully saturated rings. The highest BCUT2D eigenvalue weighted by Gasteiger charge is 2.34. The number of amides is 1. The summed E-state index contributed by atoms with van der Waals surface area (Å²) in [5, 5.41) is 2.39. The summed E-state index contributed by atoms with van der Waals surface area (Å²) in [7, 11) is 0. The van der Waals surface area contributed by atoms with Crippen LogP contribution in [0.25, 0.3) is 0 Å². The second-order valence-electron chi connectivity index (χ2n) is 2.57. The smallest absolute Gasteiger partial charge is 0.375 e. The number of alkyl carbamates (subject to hydrolysis) is 1. The lowest BCUT2D eigenvalue weighted by Crippen LogP contribution is -2.33. The first-order valence-corrected chi connectivity index (χ1v) is 3.13. The predicted molar refractivity (Wildman–Crippen MR) is 35.4 cm³/mol. The van der Waals surface area contributed by atoms with Gasteiger partial charge in [0.05, 0.1) is 0 Å². The van der Waals surface area contributed by atoms with Gasteiger partial charge in [-0.2, -0.15) is 0 Å². The van der Waals surface area contributed by atoms with Gasteiger partial charge in [0.25, 0.3) is 0 Å². The van der Waals surface area contributed by atoms with Gasteiger partial charge < -0.3 is 10.1 Å². The zero-order valence-electron chi connectivity index (χ0n) is 5.88. The number of cyclic esters (lactones) is 2. The number of esters is 1. The summed E-state index contributed by atoms with van der Waals surface area (Å²) in [6.45, 7) is 3.69. The first-order chi connectivity index (χ1) is 4.61. The van der Waals surface area contributed by atoms with Gasteiger partial charge in [0.1, 0.15) is 6.04 Å². The fourth-order valence-corrected chi connectivity index (χ4v) is 0.809. The maximum Gasteiger partial charge on any atom is 0.415 e. The van der Waals surface area contributed by atoms with Crippen LogP contribution in [-0.2, 0) is 9.53 Å². The molecular weight excluding hydrogens is 134 g/mol. The third-order valence-electron chi connectivity index (χ3n) is 1.39. The molecule has 10 heavy (non-hydrogen) atoms. The molecule has 1 amide bonds. The third-order valence-corrected chi connectivity index (χ3v) is 1.39. The van der Waals surface area contributed by atoms with Crippen LogP contribution < -0.4 is 5.32 Å². The highest BCUT2D eigenvalue weighted by molar-refractivity contribution is 5.95. The van der Waals surface area contributed by atoms with E-state index in [0.717, 1.165) is 0 Å². The number of carbonyl (C=O) groups is 2. The van der Waals surface area contributed by atoms with E-state index in [4.69, 9.17) is 0 Å². The average molecular weight is 145 g/mol. The number of nitrogens with one attached hydrogen (secondary N) is 1. The third kappa shape index (κ3) is 1.10. The van der Waals surface area contributed by atoms with Gasteiger partial charge in [-0.3, -0.25) is 0 Å². The Bertz CT molecular complexity index is 181. The van der Waals surface area contributed by atoms with Crippen molar-refractivity contribution in [1.82, 2.24) is 5.32 Å². The standard InChI is InChI=1S/C6H9NO3.H2/c1-3(2)4-5(8)10-6(9)7-4;/h3-4H,1-2H3,(H,7,9);1H/t4-;/m0./s1. The lowest BCUT2D eigenvalue weighted by atomic mass is 10.1. The van der Waals surface area contributed by atoms with Crippen molar-refractivity contribution >= 4 is 12.1 Å². The van der Waals surface area contributed by atoms with E-state index in [-0.39, 0.29) is 7.34 Å². The first kappa shape index (κ1) is 7.05. The van der Waals surface area contributed by atoms with Crippen molar-refractivity contribution < 1.29 is 15.8 Å². The summed E-state index contributed by atoms with van der Waals surface area (Å²) in [5.41, 5.74) is 0. The maximum atomic E-state index is 10.7. The monoisotopic (exact) mass is 145 g/mol. The molecule has 0 saturated carbocycles. The fourth-order valence-electron chi connectivity index (χ4n) is 0.809. The molecule has 0 bridgehead atoms. The zero-order valence-corrected chi connectivity index (χ0v) is 5.88. The second-order valence-corrected chi connectivity index (χ2v) is 2.57. The van der Waals surface area contributed by atoms with Crippen molar-refractivity contribution in [1.29, 1.82) is 0 Å². The number of hydrogen-bond donors (Lipinski definition) is 1. The van der Waals surface area contributed by atoms with E-state index < -0.39 is 18.1 Å². The summed E-state index contributed by atoms with van der Waals surface area (Å²) < 4.78 is 4.25. The van der Waals surface area contributed by atoms with Crippen molar-refractivity contribution in [2.45, 2.75) is 19.9 Å². The van der Waals surface area contributed by atoms with E-state index in [1.165, 1.54) is 0 Å². The summed E-state index contributed by atoms with van der Waals surface area (Å²) in [6, 6.07) is -0.451. The van der Waals surface area contributed by atoms with Gasteiger partial charge in [-0.25, -0.2) is 9.59 Å². The first-order valence-electron chi connectivity index (χ1n) is 3.13. The lowest BCUT2D eigenvalue weighted by molar-refractivity contribution is -0.136. The molecule has 1 rings (SSSR count). The van der Waals surface area contributed by atoms with Gasteiger partial charge in [0.2, 0.25) is 0 Å². The van der Waals surface area contributed by atoms with Crippen molar-refractivity contribution in [3.63, 3.8) is 0 Å². The van der Waals surface area contributed by atoms with Gasteiger partial charge in [-0.1, -0.05) is 13.8 Å². The normalized spacial score (nSPS) is 24.9. The molecule has 0 aliphatic carbocycles. The average Bonchev–Trinajstić information content (AvgIpc) is 2.10. The van der Waals surface area contributed by atoms with Crippen LogP contribution in [0.2, 0.25) is 0 Å². The van der Waals surface area contributed by atoms with E-state index in [1.807, 2.05) is 13.8 Å². The van der Waals surface area contributed by atoms with Crippen LogP contribution in [-0.4, -0.2) is 18.1 Å². The van der Waals surface area contributed by atoms with Gasteiger partial charge in [-0.15, -0.1) is 0 Å². The molecular formula is C6H11NO3. The van der Waals surface area contributed by atoms with Crippen molar-refractivity contribution in [2.24, 2.45) is 5.92 Å². The number of rotatable bonds is 1. The fraction of sp³-hybridized carbons (Fsp3) is 0.667. The van der Waals surface area contributed by atoms with Gasteiger partial charge >= 0.3 is 12.1 Å². The number of hydrogen-bond acceptors (Lipinski definition) is 3. The minimum absolute atomic E-state index is 0. The van der Waals surface area contributed by atoms with E-state index in [0.29, 0.717) is 0 Å². The number of ether oxygens (including phenoxy) is 1. The molecule has 1 aliphatic rings. The van der Waals surface area contributed by atoms with Crippen LogP contribution in [0.4, 0.5) is 4.79 Å². The lowest BCUT2D eigenvalue weighted by Gasteiger charge is -2.07. The Morgan fingerprint density at radius 3 is 2.40 bits per heavy atom. The molecule has 1 heterocycles. The Kier molecular flexibility index (Phi) is 1.61. The molecule has 1 atom stereocenters. The highest BCUT2D eigenvalue weighted by atomic mass is 16.6. The Labute approximate surface area is 60.0 Å². The van der Waals surface area contributed by atoms with E-state index in [9.17, 15) is 9.59 Å². The molecule has 1 saturated heterocycles. The molecule has 0 aromatic carbocycles. The topological polar surface area (TPSA) is 55.4 Å². The molecule has 4 nitrogen and oxygen atoms in total. The molecule has 4 heteroatoms. The van der Waals surface area contributed by atoms with Gasteiger partial charge in [0.15, 0.2) is 0 Å². The summed E-state index contributed by atoms with van der Waals surface area (Å²) in [6.07, 6.45) is -0.635. The van der Waals surface area contributed by atoms with Gasteiger partial charge in [0, 0.05) is 1.43 Å². The largest absolute Gasteiger partial charge is 0.415 e. The minimum Gasteiger partial charge on any atom is -0.375 e. The molecule has 0 spiro atoms. The molecule has 58 valence electrons. The van der Waals surface area contributed by atoms with Crippen LogP contribution in [0.5, 0.6) is 0 Å². The summed E-state index contributed by atoms with van der Waals surface area (Å²) in [5.74, 6) is -0.376. The van der Waals surface area contributed by atoms with Crippen LogP contribution in [0, 0.1) is 5.92 Å². The van der Waals surface area contributed by atoms with E-state index in [2.05, 4.69) is 10.1 Å². The quantitative estimate of drug-likeness (QED) is 0.432. The SMILES string of the molecule is CC(C)[C@@H]1NC(=O)OC1=O.[HH]. The molecule has 0 radical (unpaired) electrons. The predicted octanol–water partition coefficient (Wildman–Crippen LogP) is 0.523. The molecule has 0 aromatic rings. The Morgan fingerprint density at radius 1 is 1.60 bits per heavy atom.